The van der Waals surface area contributed by atoms with Gasteiger partial charge < -0.3 is 9.84 Å². The average Bonchev–Trinajstić information content (AvgIpc) is 3.00. The molecule has 0 amide bonds. The van der Waals surface area contributed by atoms with E-state index in [1.165, 1.54) is 12.1 Å². The zero-order chi connectivity index (χ0) is 18.0. The molecule has 0 radical (unpaired) electrons. The van der Waals surface area contributed by atoms with E-state index in [2.05, 4.69) is 15.5 Å². The summed E-state index contributed by atoms with van der Waals surface area (Å²) in [6, 6.07) is 7.21. The monoisotopic (exact) mass is 355 g/mol. The van der Waals surface area contributed by atoms with Crippen LogP contribution in [0.15, 0.2) is 47.0 Å². The van der Waals surface area contributed by atoms with Crippen molar-refractivity contribution in [1.82, 2.24) is 10.1 Å². The van der Waals surface area contributed by atoms with E-state index < -0.39 is 23.4 Å². The van der Waals surface area contributed by atoms with Gasteiger partial charge in [0, 0.05) is 17.3 Å². The smallest absolute Gasteiger partial charge is 0.376 e. The third-order valence-corrected chi connectivity index (χ3v) is 3.24. The first-order chi connectivity index (χ1) is 11.8. The number of anilines is 1. The highest BCUT2D eigenvalue weighted by molar-refractivity contribution is 5.55. The first-order valence-corrected chi connectivity index (χ1v) is 7.01. The van der Waals surface area contributed by atoms with Crippen LogP contribution in [0.25, 0.3) is 11.4 Å². The molecule has 0 aliphatic heterocycles. The van der Waals surface area contributed by atoms with Crippen molar-refractivity contribution < 1.29 is 26.5 Å². The molecule has 0 bridgehead atoms. The lowest BCUT2D eigenvalue weighted by atomic mass is 10.1. The summed E-state index contributed by atoms with van der Waals surface area (Å²) < 4.78 is 68.7. The number of benzene rings is 2. The van der Waals surface area contributed by atoms with Crippen LogP contribution in [0.1, 0.15) is 11.5 Å². The van der Waals surface area contributed by atoms with Gasteiger partial charge in [-0.25, -0.2) is 8.78 Å². The Morgan fingerprint density at radius 3 is 2.20 bits per heavy atom. The summed E-state index contributed by atoms with van der Waals surface area (Å²) >= 11 is 0. The summed E-state index contributed by atoms with van der Waals surface area (Å²) in [6.07, 6.45) is -4.43. The molecule has 3 rings (SSSR count). The number of halogens is 5. The maximum atomic E-state index is 13.1. The molecule has 1 N–H and O–H groups in total. The molecule has 0 spiro atoms. The average molecular weight is 355 g/mol. The fourth-order valence-electron chi connectivity index (χ4n) is 2.09. The van der Waals surface area contributed by atoms with Gasteiger partial charge in [-0.1, -0.05) is 17.3 Å². The molecule has 0 atom stereocenters. The quantitative estimate of drug-likeness (QED) is 0.693. The number of rotatable bonds is 4. The van der Waals surface area contributed by atoms with Gasteiger partial charge in [0.25, 0.3) is 0 Å². The zero-order valence-electron chi connectivity index (χ0n) is 12.4. The summed E-state index contributed by atoms with van der Waals surface area (Å²) in [5, 5.41) is 6.38. The van der Waals surface area contributed by atoms with Gasteiger partial charge in [0.05, 0.1) is 12.1 Å². The summed E-state index contributed by atoms with van der Waals surface area (Å²) in [6.45, 7) is -0.00344. The van der Waals surface area contributed by atoms with Gasteiger partial charge in [-0.3, -0.25) is 0 Å². The Morgan fingerprint density at radius 2 is 1.60 bits per heavy atom. The van der Waals surface area contributed by atoms with Crippen molar-refractivity contribution in [2.45, 2.75) is 12.7 Å². The number of aromatic nitrogens is 2. The second-order valence-electron chi connectivity index (χ2n) is 5.10. The Bertz CT molecular complexity index is 854. The molecular formula is C16H10F5N3O. The molecule has 0 aliphatic rings. The van der Waals surface area contributed by atoms with Gasteiger partial charge in [0.1, 0.15) is 11.6 Å². The molecule has 4 nitrogen and oxygen atoms in total. The standard InChI is InChI=1S/C16H10F5N3O/c17-11-5-12(18)7-13(6-11)22-8-14-23-15(24-25-14)9-1-3-10(4-2-9)16(19,20)21/h1-7,22H,8H2. The molecule has 0 saturated heterocycles. The van der Waals surface area contributed by atoms with Crippen molar-refractivity contribution in [3.8, 4) is 11.4 Å². The lowest BCUT2D eigenvalue weighted by Gasteiger charge is -2.05. The first kappa shape index (κ1) is 16.9. The maximum Gasteiger partial charge on any atom is 0.416 e. The summed E-state index contributed by atoms with van der Waals surface area (Å²) in [5.41, 5.74) is -0.249. The van der Waals surface area contributed by atoms with Gasteiger partial charge in [-0.2, -0.15) is 18.2 Å². The van der Waals surface area contributed by atoms with E-state index in [-0.39, 0.29) is 23.9 Å². The topological polar surface area (TPSA) is 51.0 Å². The van der Waals surface area contributed by atoms with Crippen LogP contribution in [0.4, 0.5) is 27.6 Å². The number of hydrogen-bond donors (Lipinski definition) is 1. The van der Waals surface area contributed by atoms with E-state index >= 15 is 0 Å². The minimum Gasteiger partial charge on any atom is -0.376 e. The number of nitrogens with zero attached hydrogens (tertiary/aromatic N) is 2. The van der Waals surface area contributed by atoms with Gasteiger partial charge in [-0.05, 0) is 24.3 Å². The maximum absolute atomic E-state index is 13.1. The molecule has 25 heavy (non-hydrogen) atoms. The molecule has 0 saturated carbocycles. The summed E-state index contributed by atoms with van der Waals surface area (Å²) in [7, 11) is 0. The third-order valence-electron chi connectivity index (χ3n) is 3.24. The fourth-order valence-corrected chi connectivity index (χ4v) is 2.09. The minimum atomic E-state index is -4.43. The van der Waals surface area contributed by atoms with Crippen LogP contribution >= 0.6 is 0 Å². The molecular weight excluding hydrogens is 345 g/mol. The van der Waals surface area contributed by atoms with Gasteiger partial charge >= 0.3 is 6.18 Å². The Kier molecular flexibility index (Phi) is 4.39. The van der Waals surface area contributed by atoms with Crippen molar-refractivity contribution in [2.24, 2.45) is 0 Å². The normalized spacial score (nSPS) is 11.6. The highest BCUT2D eigenvalue weighted by Crippen LogP contribution is 2.30. The van der Waals surface area contributed by atoms with Gasteiger partial charge in [0.2, 0.25) is 11.7 Å². The van der Waals surface area contributed by atoms with Crippen LogP contribution in [0, 0.1) is 11.6 Å². The molecule has 2 aromatic carbocycles. The van der Waals surface area contributed by atoms with Crippen LogP contribution in [0.3, 0.4) is 0 Å². The van der Waals surface area contributed by atoms with E-state index in [0.717, 1.165) is 30.3 Å². The predicted molar refractivity (Wildman–Crippen MR) is 78.4 cm³/mol. The Morgan fingerprint density at radius 1 is 0.960 bits per heavy atom. The predicted octanol–water partition coefficient (Wildman–Crippen LogP) is 4.65. The van der Waals surface area contributed by atoms with Crippen molar-refractivity contribution in [2.75, 3.05) is 5.32 Å². The Labute approximate surface area is 138 Å². The van der Waals surface area contributed by atoms with Crippen molar-refractivity contribution in [1.29, 1.82) is 0 Å². The summed E-state index contributed by atoms with van der Waals surface area (Å²) in [5.74, 6) is -1.26. The van der Waals surface area contributed by atoms with Crippen LogP contribution < -0.4 is 5.32 Å². The van der Waals surface area contributed by atoms with Gasteiger partial charge in [0.15, 0.2) is 0 Å². The highest BCUT2D eigenvalue weighted by atomic mass is 19.4. The Balaban J connectivity index is 1.70. The number of nitrogens with one attached hydrogen (secondary N) is 1. The van der Waals surface area contributed by atoms with Crippen LogP contribution in [-0.2, 0) is 12.7 Å². The number of alkyl halides is 3. The molecule has 130 valence electrons. The lowest BCUT2D eigenvalue weighted by Crippen LogP contribution is -2.04. The van der Waals surface area contributed by atoms with Crippen molar-refractivity contribution in [3.63, 3.8) is 0 Å². The Hall–Kier alpha value is -2.97. The lowest BCUT2D eigenvalue weighted by molar-refractivity contribution is -0.137. The van der Waals surface area contributed by atoms with Crippen LogP contribution in [-0.4, -0.2) is 10.1 Å². The number of hydrogen-bond acceptors (Lipinski definition) is 4. The second kappa shape index (κ2) is 6.50. The molecule has 1 heterocycles. The van der Waals surface area contributed by atoms with Gasteiger partial charge in [-0.15, -0.1) is 0 Å². The molecule has 0 aliphatic carbocycles. The highest BCUT2D eigenvalue weighted by Gasteiger charge is 2.30. The first-order valence-electron chi connectivity index (χ1n) is 7.01. The molecule has 3 aromatic rings. The van der Waals surface area contributed by atoms with Crippen LogP contribution in [0.2, 0.25) is 0 Å². The SMILES string of the molecule is Fc1cc(F)cc(NCc2nc(-c3ccc(C(F)(F)F)cc3)no2)c1. The van der Waals surface area contributed by atoms with E-state index in [4.69, 9.17) is 4.52 Å². The molecule has 0 unspecified atom stereocenters. The van der Waals surface area contributed by atoms with E-state index in [1.807, 2.05) is 0 Å². The van der Waals surface area contributed by atoms with Crippen molar-refractivity contribution in [3.05, 3.63) is 65.6 Å². The van der Waals surface area contributed by atoms with Crippen LogP contribution in [0.5, 0.6) is 0 Å². The fraction of sp³-hybridized carbons (Fsp3) is 0.125. The molecule has 1 aromatic heterocycles. The van der Waals surface area contributed by atoms with E-state index in [0.29, 0.717) is 5.56 Å². The molecule has 9 heteroatoms. The second-order valence-corrected chi connectivity index (χ2v) is 5.10. The molecule has 0 fully saturated rings. The van der Waals surface area contributed by atoms with E-state index in [9.17, 15) is 22.0 Å². The largest absolute Gasteiger partial charge is 0.416 e. The third kappa shape index (κ3) is 4.11. The van der Waals surface area contributed by atoms with E-state index in [1.54, 1.807) is 0 Å². The zero-order valence-corrected chi connectivity index (χ0v) is 12.4. The van der Waals surface area contributed by atoms with Crippen molar-refractivity contribution >= 4 is 5.69 Å². The summed E-state index contributed by atoms with van der Waals surface area (Å²) in [4.78, 5) is 4.02. The minimum absolute atomic E-state index is 0.00344.